The molecule has 1 unspecified atom stereocenters. The lowest BCUT2D eigenvalue weighted by Crippen LogP contribution is -2.21. The molecule has 3 N–H and O–H groups in total. The van der Waals surface area contributed by atoms with E-state index in [9.17, 15) is 13.2 Å². The largest absolute Gasteiger partial charge is 0.365 e. The van der Waals surface area contributed by atoms with Gasteiger partial charge < -0.3 is 5.73 Å². The molecular formula is C13H19ClN2O3S2. The highest BCUT2D eigenvalue weighted by atomic mass is 35.5. The van der Waals surface area contributed by atoms with Crippen LogP contribution in [0.4, 0.5) is 5.00 Å². The first-order chi connectivity index (χ1) is 9.84. The second kappa shape index (κ2) is 6.54. The summed E-state index contributed by atoms with van der Waals surface area (Å²) in [6.07, 6.45) is 2.99. The third-order valence-electron chi connectivity index (χ3n) is 3.55. The predicted octanol–water partition coefficient (Wildman–Crippen LogP) is 2.34. The predicted molar refractivity (Wildman–Crippen MR) is 86.8 cm³/mol. The molecule has 1 aromatic heterocycles. The molecule has 5 nitrogen and oxygen atoms in total. The number of sulfonamides is 1. The Balaban J connectivity index is 2.33. The molecule has 1 aliphatic rings. The average molecular weight is 351 g/mol. The summed E-state index contributed by atoms with van der Waals surface area (Å²) in [5, 5.41) is 0.358. The van der Waals surface area contributed by atoms with Gasteiger partial charge in [0.05, 0.1) is 11.3 Å². The van der Waals surface area contributed by atoms with E-state index in [2.05, 4.69) is 11.6 Å². The second-order valence-electron chi connectivity index (χ2n) is 5.38. The zero-order chi connectivity index (χ0) is 15.6. The highest BCUT2D eigenvalue weighted by molar-refractivity contribution is 7.92. The number of anilines is 1. The molecule has 0 spiro atoms. The standard InChI is InChI=1S/C13H19ClN2O3S2/c1-8-3-4-9-10(7-8)20-13(11(9)12(15)17)16-21(18,19)6-2-5-14/h8,16H,2-7H2,1H3,(H2,15,17). The molecule has 1 aromatic rings. The van der Waals surface area contributed by atoms with Crippen molar-refractivity contribution in [3.63, 3.8) is 0 Å². The summed E-state index contributed by atoms with van der Waals surface area (Å²) in [6.45, 7) is 2.15. The van der Waals surface area contributed by atoms with Crippen molar-refractivity contribution in [2.24, 2.45) is 11.7 Å². The lowest BCUT2D eigenvalue weighted by molar-refractivity contribution is 0.100. The summed E-state index contributed by atoms with van der Waals surface area (Å²) in [7, 11) is -3.50. The molecule has 2 rings (SSSR count). The fourth-order valence-electron chi connectivity index (χ4n) is 2.52. The third kappa shape index (κ3) is 3.90. The maximum Gasteiger partial charge on any atom is 0.252 e. The molecule has 21 heavy (non-hydrogen) atoms. The molecule has 0 saturated carbocycles. The molecule has 1 amide bonds. The summed E-state index contributed by atoms with van der Waals surface area (Å²) < 4.78 is 26.5. The number of rotatable bonds is 6. The number of hydrogen-bond acceptors (Lipinski definition) is 4. The summed E-state index contributed by atoms with van der Waals surface area (Å²) in [6, 6.07) is 0. The zero-order valence-corrected chi connectivity index (χ0v) is 14.2. The maximum absolute atomic E-state index is 12.0. The van der Waals surface area contributed by atoms with Crippen LogP contribution in [0.3, 0.4) is 0 Å². The SMILES string of the molecule is CC1CCc2c(sc(NS(=O)(=O)CCCCl)c2C(N)=O)C1. The van der Waals surface area contributed by atoms with Gasteiger partial charge in [0.15, 0.2) is 0 Å². The van der Waals surface area contributed by atoms with Gasteiger partial charge in [-0.15, -0.1) is 22.9 Å². The Morgan fingerprint density at radius 1 is 1.52 bits per heavy atom. The highest BCUT2D eigenvalue weighted by Gasteiger charge is 2.28. The number of amides is 1. The summed E-state index contributed by atoms with van der Waals surface area (Å²) in [4.78, 5) is 12.8. The Labute approximate surface area is 133 Å². The van der Waals surface area contributed by atoms with E-state index in [4.69, 9.17) is 17.3 Å². The minimum atomic E-state index is -3.50. The van der Waals surface area contributed by atoms with Gasteiger partial charge in [0, 0.05) is 10.8 Å². The number of carbonyl (C=O) groups excluding carboxylic acids is 1. The molecule has 0 aliphatic heterocycles. The monoisotopic (exact) mass is 350 g/mol. The van der Waals surface area contributed by atoms with Gasteiger partial charge in [-0.2, -0.15) is 0 Å². The topological polar surface area (TPSA) is 89.3 Å². The quantitative estimate of drug-likeness (QED) is 0.771. The zero-order valence-electron chi connectivity index (χ0n) is 11.8. The van der Waals surface area contributed by atoms with Gasteiger partial charge in [0.1, 0.15) is 5.00 Å². The molecule has 1 atom stereocenters. The van der Waals surface area contributed by atoms with Crippen LogP contribution in [0, 0.1) is 5.92 Å². The molecule has 0 bridgehead atoms. The minimum absolute atomic E-state index is 0.0618. The van der Waals surface area contributed by atoms with Gasteiger partial charge in [-0.1, -0.05) is 6.92 Å². The van der Waals surface area contributed by atoms with E-state index in [1.165, 1.54) is 11.3 Å². The number of halogens is 1. The Bertz CT molecular complexity index is 640. The van der Waals surface area contributed by atoms with Crippen LogP contribution < -0.4 is 10.5 Å². The maximum atomic E-state index is 12.0. The summed E-state index contributed by atoms with van der Waals surface area (Å²) >= 11 is 6.86. The van der Waals surface area contributed by atoms with E-state index in [0.29, 0.717) is 22.9 Å². The normalized spacial score (nSPS) is 18.3. The number of fused-ring (bicyclic) bond motifs is 1. The molecule has 8 heteroatoms. The van der Waals surface area contributed by atoms with Gasteiger partial charge in [0.2, 0.25) is 10.0 Å². The van der Waals surface area contributed by atoms with Crippen molar-refractivity contribution in [2.75, 3.05) is 16.4 Å². The number of hydrogen-bond donors (Lipinski definition) is 2. The lowest BCUT2D eigenvalue weighted by Gasteiger charge is -2.18. The summed E-state index contributed by atoms with van der Waals surface area (Å²) in [5.74, 6) is 0.185. The van der Waals surface area contributed by atoms with Crippen LogP contribution in [0.2, 0.25) is 0 Å². The Kier molecular flexibility index (Phi) is 5.16. The first-order valence-corrected chi connectivity index (χ1v) is 9.85. The Morgan fingerprint density at radius 3 is 2.86 bits per heavy atom. The fraction of sp³-hybridized carbons (Fsp3) is 0.615. The molecule has 0 radical (unpaired) electrons. The van der Waals surface area contributed by atoms with Crippen molar-refractivity contribution in [3.8, 4) is 0 Å². The van der Waals surface area contributed by atoms with Crippen molar-refractivity contribution in [1.82, 2.24) is 0 Å². The van der Waals surface area contributed by atoms with E-state index in [-0.39, 0.29) is 11.6 Å². The van der Waals surface area contributed by atoms with Crippen LogP contribution in [0.15, 0.2) is 0 Å². The van der Waals surface area contributed by atoms with Gasteiger partial charge >= 0.3 is 0 Å². The number of alkyl halides is 1. The Hall–Kier alpha value is -0.790. The molecule has 0 aromatic carbocycles. The van der Waals surface area contributed by atoms with Crippen LogP contribution in [0.5, 0.6) is 0 Å². The first-order valence-electron chi connectivity index (χ1n) is 6.85. The van der Waals surface area contributed by atoms with Gasteiger partial charge in [-0.3, -0.25) is 9.52 Å². The number of thiophene rings is 1. The first kappa shape index (κ1) is 16.6. The summed E-state index contributed by atoms with van der Waals surface area (Å²) in [5.41, 5.74) is 6.71. The van der Waals surface area contributed by atoms with Gasteiger partial charge in [0.25, 0.3) is 5.91 Å². The van der Waals surface area contributed by atoms with Crippen molar-refractivity contribution >= 4 is 43.9 Å². The number of nitrogens with two attached hydrogens (primary N) is 1. The molecule has 1 heterocycles. The molecular weight excluding hydrogens is 332 g/mol. The van der Waals surface area contributed by atoms with E-state index < -0.39 is 15.9 Å². The van der Waals surface area contributed by atoms with Crippen molar-refractivity contribution in [1.29, 1.82) is 0 Å². The van der Waals surface area contributed by atoms with Crippen LogP contribution in [-0.4, -0.2) is 26.0 Å². The second-order valence-corrected chi connectivity index (χ2v) is 8.71. The molecule has 0 fully saturated rings. The van der Waals surface area contributed by atoms with Crippen molar-refractivity contribution in [3.05, 3.63) is 16.0 Å². The van der Waals surface area contributed by atoms with E-state index in [1.54, 1.807) is 0 Å². The van der Waals surface area contributed by atoms with E-state index >= 15 is 0 Å². The minimum Gasteiger partial charge on any atom is -0.365 e. The molecule has 1 aliphatic carbocycles. The molecule has 0 saturated heterocycles. The van der Waals surface area contributed by atoms with E-state index in [1.807, 2.05) is 0 Å². The average Bonchev–Trinajstić information content (AvgIpc) is 2.72. The van der Waals surface area contributed by atoms with Crippen molar-refractivity contribution in [2.45, 2.75) is 32.6 Å². The fourth-order valence-corrected chi connectivity index (χ4v) is 5.64. The number of carbonyl (C=O) groups is 1. The number of primary amides is 1. The number of nitrogens with one attached hydrogen (secondary N) is 1. The Morgan fingerprint density at radius 2 is 2.24 bits per heavy atom. The van der Waals surface area contributed by atoms with Crippen LogP contribution in [0.25, 0.3) is 0 Å². The van der Waals surface area contributed by atoms with E-state index in [0.717, 1.165) is 29.7 Å². The van der Waals surface area contributed by atoms with Gasteiger partial charge in [-0.25, -0.2) is 8.42 Å². The van der Waals surface area contributed by atoms with Crippen LogP contribution >= 0.6 is 22.9 Å². The lowest BCUT2D eigenvalue weighted by atomic mass is 9.88. The van der Waals surface area contributed by atoms with Crippen LogP contribution in [-0.2, 0) is 22.9 Å². The third-order valence-corrected chi connectivity index (χ3v) is 6.46. The van der Waals surface area contributed by atoms with Crippen LogP contribution in [0.1, 0.15) is 40.6 Å². The highest BCUT2D eigenvalue weighted by Crippen LogP contribution is 2.39. The van der Waals surface area contributed by atoms with Crippen molar-refractivity contribution < 1.29 is 13.2 Å². The smallest absolute Gasteiger partial charge is 0.252 e. The molecule has 118 valence electrons. The van der Waals surface area contributed by atoms with Gasteiger partial charge in [-0.05, 0) is 37.2 Å².